The third kappa shape index (κ3) is 4.10. The number of nitrogens with one attached hydrogen (secondary N) is 1. The van der Waals surface area contributed by atoms with Crippen molar-refractivity contribution in [1.29, 1.82) is 5.26 Å². The van der Waals surface area contributed by atoms with E-state index < -0.39 is 24.1 Å². The fourth-order valence-corrected chi connectivity index (χ4v) is 1.25. The molecule has 0 saturated carbocycles. The summed E-state index contributed by atoms with van der Waals surface area (Å²) in [6, 6.07) is 7.73. The van der Waals surface area contributed by atoms with Crippen LogP contribution in [0.4, 0.5) is 4.79 Å². The molecule has 0 radical (unpaired) electrons. The molecule has 104 valence electrons. The van der Waals surface area contributed by atoms with Crippen molar-refractivity contribution in [1.82, 2.24) is 5.32 Å². The number of imide groups is 1. The zero-order valence-electron chi connectivity index (χ0n) is 10.9. The van der Waals surface area contributed by atoms with Gasteiger partial charge in [-0.15, -0.1) is 0 Å². The zero-order valence-corrected chi connectivity index (χ0v) is 10.9. The lowest BCUT2D eigenvalue weighted by molar-refractivity contribution is -0.128. The summed E-state index contributed by atoms with van der Waals surface area (Å²) < 4.78 is 9.12. The SMILES string of the molecule is COC(=O)NC(=O)[C@@H](C)OC(=O)c1cccc(C#N)c1. The lowest BCUT2D eigenvalue weighted by Gasteiger charge is -2.12. The number of methoxy groups -OCH3 is 1. The molecule has 0 aromatic heterocycles. The van der Waals surface area contributed by atoms with Crippen molar-refractivity contribution in [3.8, 4) is 6.07 Å². The Hall–Kier alpha value is -2.88. The van der Waals surface area contributed by atoms with E-state index in [1.807, 2.05) is 11.4 Å². The lowest BCUT2D eigenvalue weighted by Crippen LogP contribution is -2.39. The minimum atomic E-state index is -1.17. The molecule has 0 unspecified atom stereocenters. The molecule has 0 aliphatic heterocycles. The Bertz CT molecular complexity index is 576. The highest BCUT2D eigenvalue weighted by atomic mass is 16.6. The Balaban J connectivity index is 2.68. The Labute approximate surface area is 115 Å². The van der Waals surface area contributed by atoms with E-state index in [0.717, 1.165) is 7.11 Å². The average Bonchev–Trinajstić information content (AvgIpc) is 2.46. The molecule has 0 bridgehead atoms. The summed E-state index contributed by atoms with van der Waals surface area (Å²) in [5.74, 6) is -1.57. The maximum absolute atomic E-state index is 11.8. The molecule has 1 rings (SSSR count). The number of alkyl carbamates (subject to hydrolysis) is 1. The van der Waals surface area contributed by atoms with Crippen molar-refractivity contribution in [3.63, 3.8) is 0 Å². The number of nitriles is 1. The number of carbonyl (C=O) groups excluding carboxylic acids is 3. The molecule has 7 nitrogen and oxygen atoms in total. The van der Waals surface area contributed by atoms with Crippen LogP contribution in [0.3, 0.4) is 0 Å². The first-order valence-electron chi connectivity index (χ1n) is 5.58. The van der Waals surface area contributed by atoms with Gasteiger partial charge in [0.25, 0.3) is 5.91 Å². The highest BCUT2D eigenvalue weighted by molar-refractivity contribution is 5.97. The van der Waals surface area contributed by atoms with Gasteiger partial charge in [0.15, 0.2) is 6.10 Å². The number of hydrogen-bond acceptors (Lipinski definition) is 6. The van der Waals surface area contributed by atoms with Crippen LogP contribution in [0.15, 0.2) is 24.3 Å². The number of rotatable bonds is 3. The molecule has 0 saturated heterocycles. The molecule has 1 N–H and O–H groups in total. The van der Waals surface area contributed by atoms with Gasteiger partial charge < -0.3 is 9.47 Å². The third-order valence-corrected chi connectivity index (χ3v) is 2.29. The van der Waals surface area contributed by atoms with E-state index in [-0.39, 0.29) is 5.56 Å². The van der Waals surface area contributed by atoms with Gasteiger partial charge in [0, 0.05) is 0 Å². The van der Waals surface area contributed by atoms with E-state index in [1.165, 1.54) is 31.2 Å². The number of hydrogen-bond donors (Lipinski definition) is 1. The maximum Gasteiger partial charge on any atom is 0.413 e. The van der Waals surface area contributed by atoms with Gasteiger partial charge in [0.2, 0.25) is 0 Å². The second-order valence-corrected chi connectivity index (χ2v) is 3.72. The van der Waals surface area contributed by atoms with Crippen molar-refractivity contribution in [2.24, 2.45) is 0 Å². The summed E-state index contributed by atoms with van der Waals surface area (Å²) in [7, 11) is 1.10. The normalized spacial score (nSPS) is 10.8. The van der Waals surface area contributed by atoms with Crippen LogP contribution >= 0.6 is 0 Å². The topological polar surface area (TPSA) is 105 Å². The van der Waals surface area contributed by atoms with E-state index in [4.69, 9.17) is 10.00 Å². The van der Waals surface area contributed by atoms with Crippen LogP contribution in [0.5, 0.6) is 0 Å². The van der Waals surface area contributed by atoms with Gasteiger partial charge in [-0.3, -0.25) is 10.1 Å². The van der Waals surface area contributed by atoms with E-state index in [9.17, 15) is 14.4 Å². The Kier molecular flexibility index (Phi) is 5.23. The zero-order chi connectivity index (χ0) is 15.1. The summed E-state index contributed by atoms with van der Waals surface area (Å²) in [5, 5.41) is 10.6. The molecular formula is C13H12N2O5. The molecule has 0 aliphatic carbocycles. The van der Waals surface area contributed by atoms with Crippen molar-refractivity contribution in [3.05, 3.63) is 35.4 Å². The third-order valence-electron chi connectivity index (χ3n) is 2.29. The molecule has 20 heavy (non-hydrogen) atoms. The fraction of sp³-hybridized carbons (Fsp3) is 0.231. The largest absolute Gasteiger partial charge is 0.453 e. The highest BCUT2D eigenvalue weighted by Crippen LogP contribution is 2.07. The minimum absolute atomic E-state index is 0.141. The van der Waals surface area contributed by atoms with Crippen molar-refractivity contribution in [2.45, 2.75) is 13.0 Å². The molecule has 1 atom stereocenters. The standard InChI is InChI=1S/C13H12N2O5/c1-8(11(16)15-13(18)19-2)20-12(17)10-5-3-4-9(6-10)7-14/h3-6,8H,1-2H3,(H,15,16,18)/t8-/m1/s1. The van der Waals surface area contributed by atoms with Crippen molar-refractivity contribution in [2.75, 3.05) is 7.11 Å². The van der Waals surface area contributed by atoms with Gasteiger partial charge in [0.05, 0.1) is 24.3 Å². The molecule has 1 aromatic carbocycles. The van der Waals surface area contributed by atoms with E-state index in [0.29, 0.717) is 5.56 Å². The summed E-state index contributed by atoms with van der Waals surface area (Å²) in [6.07, 6.45) is -2.11. The second-order valence-electron chi connectivity index (χ2n) is 3.72. The lowest BCUT2D eigenvalue weighted by atomic mass is 10.1. The van der Waals surface area contributed by atoms with Gasteiger partial charge >= 0.3 is 12.1 Å². The Morgan fingerprint density at radius 3 is 2.65 bits per heavy atom. The molecule has 1 aromatic rings. The van der Waals surface area contributed by atoms with Crippen LogP contribution in [0.25, 0.3) is 0 Å². The molecule has 0 aliphatic rings. The van der Waals surface area contributed by atoms with E-state index in [1.54, 1.807) is 0 Å². The van der Waals surface area contributed by atoms with E-state index in [2.05, 4.69) is 4.74 Å². The molecule has 0 fully saturated rings. The molecule has 0 heterocycles. The number of amides is 2. The predicted molar refractivity (Wildman–Crippen MR) is 66.6 cm³/mol. The van der Waals surface area contributed by atoms with Crippen LogP contribution < -0.4 is 5.32 Å². The molecule has 0 spiro atoms. The molecule has 7 heteroatoms. The first-order chi connectivity index (χ1) is 9.47. The van der Waals surface area contributed by atoms with Gasteiger partial charge in [-0.25, -0.2) is 9.59 Å². The second kappa shape index (κ2) is 6.89. The monoisotopic (exact) mass is 276 g/mol. The Morgan fingerprint density at radius 1 is 1.35 bits per heavy atom. The minimum Gasteiger partial charge on any atom is -0.453 e. The maximum atomic E-state index is 11.8. The predicted octanol–water partition coefficient (Wildman–Crippen LogP) is 0.986. The molecule has 2 amide bonds. The van der Waals surface area contributed by atoms with Crippen molar-refractivity contribution < 1.29 is 23.9 Å². The van der Waals surface area contributed by atoms with Crippen LogP contribution in [0.1, 0.15) is 22.8 Å². The number of benzene rings is 1. The van der Waals surface area contributed by atoms with Crippen LogP contribution in [0.2, 0.25) is 0 Å². The van der Waals surface area contributed by atoms with Gasteiger partial charge in [-0.1, -0.05) is 6.07 Å². The van der Waals surface area contributed by atoms with Crippen molar-refractivity contribution >= 4 is 18.0 Å². The average molecular weight is 276 g/mol. The number of nitrogens with zero attached hydrogens (tertiary/aromatic N) is 1. The number of ether oxygens (including phenoxy) is 2. The molecular weight excluding hydrogens is 264 g/mol. The summed E-state index contributed by atoms with van der Waals surface area (Å²) in [5.41, 5.74) is 0.438. The van der Waals surface area contributed by atoms with E-state index >= 15 is 0 Å². The van der Waals surface area contributed by atoms with Gasteiger partial charge in [0.1, 0.15) is 0 Å². The van der Waals surface area contributed by atoms with Crippen LogP contribution in [0, 0.1) is 11.3 Å². The summed E-state index contributed by atoms with van der Waals surface area (Å²) in [4.78, 5) is 34.1. The summed E-state index contributed by atoms with van der Waals surface area (Å²) in [6.45, 7) is 1.31. The Morgan fingerprint density at radius 2 is 2.05 bits per heavy atom. The first-order valence-corrected chi connectivity index (χ1v) is 5.58. The smallest absolute Gasteiger partial charge is 0.413 e. The van der Waals surface area contributed by atoms with Crippen LogP contribution in [-0.4, -0.2) is 31.2 Å². The highest BCUT2D eigenvalue weighted by Gasteiger charge is 2.21. The quantitative estimate of drug-likeness (QED) is 0.825. The van der Waals surface area contributed by atoms with Gasteiger partial charge in [-0.05, 0) is 25.1 Å². The first kappa shape index (κ1) is 15.2. The number of carbonyl (C=O) groups is 3. The fourth-order valence-electron chi connectivity index (χ4n) is 1.25. The number of esters is 1. The summed E-state index contributed by atoms with van der Waals surface area (Å²) >= 11 is 0. The van der Waals surface area contributed by atoms with Gasteiger partial charge in [-0.2, -0.15) is 5.26 Å². The van der Waals surface area contributed by atoms with Crippen LogP contribution in [-0.2, 0) is 14.3 Å².